The molecule has 0 saturated carbocycles. The fourth-order valence-electron chi connectivity index (χ4n) is 1.56. The minimum atomic E-state index is 0.259. The topological polar surface area (TPSA) is 93.7 Å². The lowest BCUT2D eigenvalue weighted by Gasteiger charge is -2.09. The molecule has 0 spiro atoms. The van der Waals surface area contributed by atoms with Crippen LogP contribution in [0.4, 0.5) is 17.6 Å². The average molecular weight is 247 g/mol. The maximum Gasteiger partial charge on any atom is 0.223 e. The maximum absolute atomic E-state index is 5.64. The van der Waals surface area contributed by atoms with Crippen LogP contribution < -0.4 is 16.4 Å². The largest absolute Gasteiger partial charge is 0.370 e. The number of nitrogens with one attached hydrogen (secondary N) is 2. The number of nitrogens with two attached hydrogens (primary N) is 1. The highest BCUT2D eigenvalue weighted by molar-refractivity contribution is 5.50. The van der Waals surface area contributed by atoms with Crippen molar-refractivity contribution in [3.8, 4) is 0 Å². The van der Waals surface area contributed by atoms with Crippen molar-refractivity contribution >= 4 is 17.6 Å². The Morgan fingerprint density at radius 3 is 2.72 bits per heavy atom. The average Bonchev–Trinajstić information content (AvgIpc) is 2.82. The first kappa shape index (κ1) is 12.2. The van der Waals surface area contributed by atoms with E-state index in [9.17, 15) is 0 Å². The molecule has 18 heavy (non-hydrogen) atoms. The van der Waals surface area contributed by atoms with Gasteiger partial charge in [-0.3, -0.25) is 4.68 Å². The van der Waals surface area contributed by atoms with Crippen molar-refractivity contribution in [3.05, 3.63) is 24.5 Å². The Balaban J connectivity index is 1.92. The van der Waals surface area contributed by atoms with Crippen LogP contribution in [0, 0.1) is 0 Å². The minimum Gasteiger partial charge on any atom is -0.370 e. The second kappa shape index (κ2) is 5.85. The molecular formula is C11H17N7. The summed E-state index contributed by atoms with van der Waals surface area (Å²) in [5.41, 5.74) is 5.64. The minimum absolute atomic E-state index is 0.259. The molecular weight excluding hydrogens is 230 g/mol. The highest BCUT2D eigenvalue weighted by Gasteiger charge is 2.01. The third kappa shape index (κ3) is 3.34. The number of hydrogen-bond acceptors (Lipinski definition) is 6. The van der Waals surface area contributed by atoms with Crippen molar-refractivity contribution < 1.29 is 0 Å². The summed E-state index contributed by atoms with van der Waals surface area (Å²) < 4.78 is 1.85. The summed E-state index contributed by atoms with van der Waals surface area (Å²) in [5, 5.41) is 10.4. The lowest BCUT2D eigenvalue weighted by Crippen LogP contribution is -2.13. The normalized spacial score (nSPS) is 10.3. The second-order valence-corrected chi connectivity index (χ2v) is 3.72. The van der Waals surface area contributed by atoms with Crippen molar-refractivity contribution in [2.24, 2.45) is 0 Å². The van der Waals surface area contributed by atoms with Crippen molar-refractivity contribution in [2.45, 2.75) is 13.5 Å². The van der Waals surface area contributed by atoms with Crippen LogP contribution in [0.25, 0.3) is 0 Å². The fourth-order valence-corrected chi connectivity index (χ4v) is 1.56. The molecule has 2 rings (SSSR count). The summed E-state index contributed by atoms with van der Waals surface area (Å²) >= 11 is 0. The lowest BCUT2D eigenvalue weighted by molar-refractivity contribution is 0.637. The molecule has 0 aliphatic heterocycles. The first-order chi connectivity index (χ1) is 8.78. The summed E-state index contributed by atoms with van der Waals surface area (Å²) in [6, 6.07) is 3.73. The molecule has 0 amide bonds. The Bertz CT molecular complexity index is 480. The van der Waals surface area contributed by atoms with Crippen LogP contribution in [0.1, 0.15) is 6.92 Å². The van der Waals surface area contributed by atoms with Gasteiger partial charge >= 0.3 is 0 Å². The van der Waals surface area contributed by atoms with Gasteiger partial charge in [-0.2, -0.15) is 15.1 Å². The summed E-state index contributed by atoms with van der Waals surface area (Å²) in [6.45, 7) is 4.30. The molecule has 0 saturated heterocycles. The maximum atomic E-state index is 5.64. The van der Waals surface area contributed by atoms with Crippen LogP contribution in [0.2, 0.25) is 0 Å². The Hall–Kier alpha value is -2.31. The molecule has 4 N–H and O–H groups in total. The van der Waals surface area contributed by atoms with E-state index in [-0.39, 0.29) is 5.95 Å². The predicted octanol–water partition coefficient (Wildman–Crippen LogP) is 0.799. The van der Waals surface area contributed by atoms with Crippen LogP contribution in [0.15, 0.2) is 24.5 Å². The smallest absolute Gasteiger partial charge is 0.223 e. The molecule has 0 unspecified atom stereocenters. The molecule has 2 heterocycles. The van der Waals surface area contributed by atoms with E-state index in [0.717, 1.165) is 25.5 Å². The molecule has 0 aromatic carbocycles. The van der Waals surface area contributed by atoms with Gasteiger partial charge in [0.1, 0.15) is 11.6 Å². The van der Waals surface area contributed by atoms with Gasteiger partial charge in [0.2, 0.25) is 5.95 Å². The number of nitrogens with zero attached hydrogens (tertiary/aromatic N) is 4. The first-order valence-electron chi connectivity index (χ1n) is 5.87. The van der Waals surface area contributed by atoms with E-state index in [1.807, 2.05) is 29.9 Å². The van der Waals surface area contributed by atoms with Crippen LogP contribution in [0.3, 0.4) is 0 Å². The molecule has 0 aliphatic rings. The Kier molecular flexibility index (Phi) is 3.95. The quantitative estimate of drug-likeness (QED) is 0.699. The molecule has 7 heteroatoms. The van der Waals surface area contributed by atoms with Crippen molar-refractivity contribution in [1.29, 1.82) is 0 Å². The Morgan fingerprint density at radius 2 is 2.06 bits per heavy atom. The van der Waals surface area contributed by atoms with E-state index >= 15 is 0 Å². The van der Waals surface area contributed by atoms with Crippen LogP contribution in [-0.2, 0) is 6.54 Å². The van der Waals surface area contributed by atoms with Crippen molar-refractivity contribution in [3.63, 3.8) is 0 Å². The zero-order valence-electron chi connectivity index (χ0n) is 10.3. The van der Waals surface area contributed by atoms with Crippen molar-refractivity contribution in [2.75, 3.05) is 29.5 Å². The Labute approximate surface area is 105 Å². The van der Waals surface area contributed by atoms with Gasteiger partial charge in [-0.15, -0.1) is 0 Å². The predicted molar refractivity (Wildman–Crippen MR) is 71.3 cm³/mol. The van der Waals surface area contributed by atoms with Crippen LogP contribution in [-0.4, -0.2) is 32.8 Å². The van der Waals surface area contributed by atoms with Crippen LogP contribution >= 0.6 is 0 Å². The van der Waals surface area contributed by atoms with Gasteiger partial charge in [-0.05, 0) is 13.0 Å². The van der Waals surface area contributed by atoms with Gasteiger partial charge in [0.05, 0.1) is 6.54 Å². The fraction of sp³-hybridized carbons (Fsp3) is 0.364. The number of hydrogen-bond donors (Lipinski definition) is 3. The molecule has 7 nitrogen and oxygen atoms in total. The van der Waals surface area contributed by atoms with Gasteiger partial charge in [-0.25, -0.2) is 0 Å². The summed E-state index contributed by atoms with van der Waals surface area (Å²) in [4.78, 5) is 8.20. The second-order valence-electron chi connectivity index (χ2n) is 3.72. The summed E-state index contributed by atoms with van der Waals surface area (Å²) in [6.07, 6.45) is 3.67. The van der Waals surface area contributed by atoms with E-state index in [4.69, 9.17) is 5.73 Å². The Morgan fingerprint density at radius 1 is 1.28 bits per heavy atom. The number of nitrogen functional groups attached to an aromatic ring is 1. The monoisotopic (exact) mass is 247 g/mol. The van der Waals surface area contributed by atoms with E-state index < -0.39 is 0 Å². The third-order valence-corrected chi connectivity index (χ3v) is 2.31. The highest BCUT2D eigenvalue weighted by Crippen LogP contribution is 2.11. The first-order valence-corrected chi connectivity index (χ1v) is 5.87. The van der Waals surface area contributed by atoms with Crippen molar-refractivity contribution in [1.82, 2.24) is 19.7 Å². The molecule has 96 valence electrons. The zero-order valence-corrected chi connectivity index (χ0v) is 10.3. The highest BCUT2D eigenvalue weighted by atomic mass is 15.3. The lowest BCUT2D eigenvalue weighted by atomic mass is 10.5. The standard InChI is InChI=1S/C11H17N7/c1-2-13-9-8-10(17-11(12)16-9)14-5-7-18-6-3-4-15-18/h3-4,6,8H,2,5,7H2,1H3,(H4,12,13,14,16,17). The third-order valence-electron chi connectivity index (χ3n) is 2.31. The molecule has 0 radical (unpaired) electrons. The van der Waals surface area contributed by atoms with E-state index in [1.165, 1.54) is 0 Å². The molecule has 2 aromatic heterocycles. The van der Waals surface area contributed by atoms with Gasteiger partial charge in [-0.1, -0.05) is 0 Å². The molecule has 0 atom stereocenters. The number of anilines is 3. The molecule has 2 aromatic rings. The van der Waals surface area contributed by atoms with Gasteiger partial charge < -0.3 is 16.4 Å². The van der Waals surface area contributed by atoms with E-state index in [1.54, 1.807) is 6.20 Å². The van der Waals surface area contributed by atoms with Gasteiger partial charge in [0, 0.05) is 31.5 Å². The zero-order chi connectivity index (χ0) is 12.8. The molecule has 0 fully saturated rings. The molecule has 0 bridgehead atoms. The summed E-state index contributed by atoms with van der Waals surface area (Å²) in [7, 11) is 0. The van der Waals surface area contributed by atoms with E-state index in [2.05, 4.69) is 25.7 Å². The number of aromatic nitrogens is 4. The molecule has 0 aliphatic carbocycles. The van der Waals surface area contributed by atoms with Crippen LogP contribution in [0.5, 0.6) is 0 Å². The SMILES string of the molecule is CCNc1cc(NCCn2cccn2)nc(N)n1. The summed E-state index contributed by atoms with van der Waals surface area (Å²) in [5.74, 6) is 1.70. The van der Waals surface area contributed by atoms with E-state index in [0.29, 0.717) is 5.82 Å². The van der Waals surface area contributed by atoms with Gasteiger partial charge in [0.15, 0.2) is 0 Å². The number of rotatable bonds is 6. The van der Waals surface area contributed by atoms with Gasteiger partial charge in [0.25, 0.3) is 0 Å².